The third-order valence-corrected chi connectivity index (χ3v) is 3.66. The van der Waals surface area contributed by atoms with Gasteiger partial charge in [0.2, 0.25) is 0 Å². The van der Waals surface area contributed by atoms with Gasteiger partial charge in [-0.2, -0.15) is 0 Å². The van der Waals surface area contributed by atoms with Gasteiger partial charge in [-0.1, -0.05) is 25.6 Å². The van der Waals surface area contributed by atoms with Crippen LogP contribution in [-0.4, -0.2) is 17.0 Å². The first-order valence-corrected chi connectivity index (χ1v) is 6.96. The Labute approximate surface area is 110 Å². The van der Waals surface area contributed by atoms with Crippen molar-refractivity contribution in [1.29, 1.82) is 0 Å². The van der Waals surface area contributed by atoms with Gasteiger partial charge in [0.15, 0.2) is 16.8 Å². The number of nitrogens with zero attached hydrogens (tertiary/aromatic N) is 1. The average Bonchev–Trinajstić information content (AvgIpc) is 2.70. The van der Waals surface area contributed by atoms with E-state index in [1.807, 2.05) is 0 Å². The second kappa shape index (κ2) is 5.69. The fourth-order valence-corrected chi connectivity index (χ4v) is 2.82. The molecule has 18 heavy (non-hydrogen) atoms. The smallest absolute Gasteiger partial charge is 0.161 e. The molecule has 1 heterocycles. The minimum Gasteiger partial charge on any atom is -0.335 e. The van der Waals surface area contributed by atoms with Gasteiger partial charge in [0.1, 0.15) is 0 Å². The minimum absolute atomic E-state index is 0.322. The van der Waals surface area contributed by atoms with Crippen molar-refractivity contribution in [2.24, 2.45) is 10.9 Å². The normalized spacial score (nSPS) is 19.2. The van der Waals surface area contributed by atoms with Crippen molar-refractivity contribution in [2.75, 3.05) is 11.1 Å². The molecular formula is C13H16F2N2S. The molecule has 1 aliphatic heterocycles. The molecule has 1 aromatic carbocycles. The summed E-state index contributed by atoms with van der Waals surface area (Å²) in [4.78, 5) is 4.53. The summed E-state index contributed by atoms with van der Waals surface area (Å²) in [7, 11) is 0. The maximum atomic E-state index is 13.0. The highest BCUT2D eigenvalue weighted by Crippen LogP contribution is 2.24. The molecule has 0 amide bonds. The summed E-state index contributed by atoms with van der Waals surface area (Å²) in [5, 5.41) is 3.80. The van der Waals surface area contributed by atoms with Crippen LogP contribution in [0.15, 0.2) is 23.2 Å². The summed E-state index contributed by atoms with van der Waals surface area (Å²) in [5.74, 6) is -0.118. The summed E-state index contributed by atoms with van der Waals surface area (Å²) in [6.07, 6.45) is 1.05. The van der Waals surface area contributed by atoms with Gasteiger partial charge in [0, 0.05) is 17.5 Å². The molecule has 1 unspecified atom stereocenters. The van der Waals surface area contributed by atoms with Gasteiger partial charge >= 0.3 is 0 Å². The highest BCUT2D eigenvalue weighted by molar-refractivity contribution is 8.14. The third-order valence-electron chi connectivity index (χ3n) is 2.63. The Hall–Kier alpha value is -1.10. The SMILES string of the molecule is CC(C)CC1CSC(Nc2ccc(F)c(F)c2)=N1. The lowest BCUT2D eigenvalue weighted by molar-refractivity contribution is 0.509. The zero-order valence-corrected chi connectivity index (χ0v) is 11.2. The van der Waals surface area contributed by atoms with Crippen molar-refractivity contribution in [2.45, 2.75) is 26.3 Å². The van der Waals surface area contributed by atoms with Crippen LogP contribution in [0.2, 0.25) is 0 Å². The fraction of sp³-hybridized carbons (Fsp3) is 0.462. The summed E-state index contributed by atoms with van der Waals surface area (Å²) in [6.45, 7) is 4.34. The van der Waals surface area contributed by atoms with E-state index in [9.17, 15) is 8.78 Å². The number of rotatable bonds is 3. The van der Waals surface area contributed by atoms with Crippen molar-refractivity contribution in [3.05, 3.63) is 29.8 Å². The number of amidine groups is 1. The van der Waals surface area contributed by atoms with Gasteiger partial charge in [-0.25, -0.2) is 8.78 Å². The van der Waals surface area contributed by atoms with E-state index in [0.717, 1.165) is 29.5 Å². The molecule has 0 bridgehead atoms. The number of anilines is 1. The van der Waals surface area contributed by atoms with E-state index in [-0.39, 0.29) is 0 Å². The Morgan fingerprint density at radius 1 is 1.39 bits per heavy atom. The lowest BCUT2D eigenvalue weighted by Crippen LogP contribution is -2.08. The molecular weight excluding hydrogens is 254 g/mol. The van der Waals surface area contributed by atoms with Crippen molar-refractivity contribution in [1.82, 2.24) is 0 Å². The average molecular weight is 270 g/mol. The van der Waals surface area contributed by atoms with Crippen molar-refractivity contribution in [3.8, 4) is 0 Å². The number of halogens is 2. The largest absolute Gasteiger partial charge is 0.335 e. The molecule has 0 radical (unpaired) electrons. The number of thioether (sulfide) groups is 1. The molecule has 2 rings (SSSR count). The fourth-order valence-electron chi connectivity index (χ4n) is 1.85. The van der Waals surface area contributed by atoms with E-state index in [1.165, 1.54) is 6.07 Å². The Balaban J connectivity index is 1.99. The Morgan fingerprint density at radius 3 is 2.83 bits per heavy atom. The van der Waals surface area contributed by atoms with E-state index in [0.29, 0.717) is 17.6 Å². The zero-order valence-electron chi connectivity index (χ0n) is 10.4. The first kappa shape index (κ1) is 13.3. The first-order valence-electron chi connectivity index (χ1n) is 5.97. The van der Waals surface area contributed by atoms with Crippen LogP contribution < -0.4 is 5.32 Å². The predicted molar refractivity (Wildman–Crippen MR) is 73.1 cm³/mol. The molecule has 1 aromatic rings. The zero-order chi connectivity index (χ0) is 13.1. The summed E-state index contributed by atoms with van der Waals surface area (Å²) >= 11 is 1.62. The van der Waals surface area contributed by atoms with Gasteiger partial charge in [-0.15, -0.1) is 0 Å². The molecule has 1 aliphatic rings. The van der Waals surface area contributed by atoms with E-state index >= 15 is 0 Å². The molecule has 0 fully saturated rings. The number of hydrogen-bond acceptors (Lipinski definition) is 3. The van der Waals surface area contributed by atoms with Gasteiger partial charge < -0.3 is 5.32 Å². The highest BCUT2D eigenvalue weighted by Gasteiger charge is 2.19. The number of aliphatic imine (C=N–C) groups is 1. The number of benzene rings is 1. The highest BCUT2D eigenvalue weighted by atomic mass is 32.2. The van der Waals surface area contributed by atoms with Crippen LogP contribution in [0.3, 0.4) is 0 Å². The molecule has 0 aromatic heterocycles. The van der Waals surface area contributed by atoms with Gasteiger partial charge in [0.25, 0.3) is 0 Å². The molecule has 0 saturated heterocycles. The molecule has 0 aliphatic carbocycles. The summed E-state index contributed by atoms with van der Waals surface area (Å²) < 4.78 is 25.8. The standard InChI is InChI=1S/C13H16F2N2S/c1-8(2)5-10-7-18-13(17-10)16-9-3-4-11(14)12(15)6-9/h3-4,6,8,10H,5,7H2,1-2H3,(H,16,17). The topological polar surface area (TPSA) is 24.4 Å². The van der Waals surface area contributed by atoms with E-state index in [1.54, 1.807) is 11.8 Å². The lowest BCUT2D eigenvalue weighted by atomic mass is 10.1. The molecule has 0 spiro atoms. The van der Waals surface area contributed by atoms with Crippen LogP contribution in [-0.2, 0) is 0 Å². The predicted octanol–water partition coefficient (Wildman–Crippen LogP) is 3.89. The molecule has 5 heteroatoms. The van der Waals surface area contributed by atoms with Gasteiger partial charge in [-0.3, -0.25) is 4.99 Å². The number of nitrogens with one attached hydrogen (secondary N) is 1. The van der Waals surface area contributed by atoms with Crippen molar-refractivity contribution >= 4 is 22.6 Å². The molecule has 0 saturated carbocycles. The summed E-state index contributed by atoms with van der Waals surface area (Å²) in [6, 6.07) is 4.09. The van der Waals surface area contributed by atoms with Crippen LogP contribution in [0, 0.1) is 17.6 Å². The van der Waals surface area contributed by atoms with Crippen LogP contribution in [0.25, 0.3) is 0 Å². The molecule has 2 nitrogen and oxygen atoms in total. The van der Waals surface area contributed by atoms with Crippen LogP contribution in [0.4, 0.5) is 14.5 Å². The van der Waals surface area contributed by atoms with Crippen LogP contribution in [0.1, 0.15) is 20.3 Å². The van der Waals surface area contributed by atoms with E-state index in [4.69, 9.17) is 0 Å². The van der Waals surface area contributed by atoms with Gasteiger partial charge in [0.05, 0.1) is 6.04 Å². The van der Waals surface area contributed by atoms with Crippen molar-refractivity contribution < 1.29 is 8.78 Å². The molecule has 1 atom stereocenters. The Bertz CT molecular complexity index is 460. The van der Waals surface area contributed by atoms with Crippen LogP contribution in [0.5, 0.6) is 0 Å². The van der Waals surface area contributed by atoms with Crippen LogP contribution >= 0.6 is 11.8 Å². The maximum absolute atomic E-state index is 13.0. The lowest BCUT2D eigenvalue weighted by Gasteiger charge is -2.07. The monoisotopic (exact) mass is 270 g/mol. The Morgan fingerprint density at radius 2 is 2.17 bits per heavy atom. The first-order chi connectivity index (χ1) is 8.54. The summed E-state index contributed by atoms with van der Waals surface area (Å²) in [5.41, 5.74) is 0.533. The number of hydrogen-bond donors (Lipinski definition) is 1. The van der Waals surface area contributed by atoms with E-state index in [2.05, 4.69) is 24.2 Å². The van der Waals surface area contributed by atoms with Crippen molar-refractivity contribution in [3.63, 3.8) is 0 Å². The van der Waals surface area contributed by atoms with Gasteiger partial charge in [-0.05, 0) is 24.5 Å². The molecule has 1 N–H and O–H groups in total. The third kappa shape index (κ3) is 3.45. The van der Waals surface area contributed by atoms with E-state index < -0.39 is 11.6 Å². The quantitative estimate of drug-likeness (QED) is 0.901. The second-order valence-electron chi connectivity index (χ2n) is 4.78. The Kier molecular flexibility index (Phi) is 4.22. The maximum Gasteiger partial charge on any atom is 0.161 e. The second-order valence-corrected chi connectivity index (χ2v) is 5.79. The minimum atomic E-state index is -0.845. The molecule has 98 valence electrons.